The predicted molar refractivity (Wildman–Crippen MR) is 125 cm³/mol. The second kappa shape index (κ2) is 8.98. The van der Waals surface area contributed by atoms with E-state index in [9.17, 15) is 14.3 Å². The molecule has 10 nitrogen and oxygen atoms in total. The number of hydrogen-bond donors (Lipinski definition) is 4. The van der Waals surface area contributed by atoms with E-state index in [0.717, 1.165) is 42.2 Å². The highest BCUT2D eigenvalue weighted by Crippen LogP contribution is 2.33. The normalized spacial score (nSPS) is 19.5. The molecule has 0 saturated carbocycles. The molecule has 0 bridgehead atoms. The lowest BCUT2D eigenvalue weighted by Crippen LogP contribution is -2.40. The number of aryl methyl sites for hydroxylation is 1. The Hall–Kier alpha value is -3.60. The molecular formula is C23H27FN8O2. The quantitative estimate of drug-likeness (QED) is 0.408. The molecule has 34 heavy (non-hydrogen) atoms. The molecule has 1 saturated heterocycles. The van der Waals surface area contributed by atoms with Crippen LogP contribution in [0.5, 0.6) is 0 Å². The summed E-state index contributed by atoms with van der Waals surface area (Å²) < 4.78 is 13.1. The SMILES string of the molecule is CC(C)c1ncc(Nc2nc(N3C[C@@H](O)C[C@H]3C(=O)Nc3ccc(F)nc3)nc3c2CCC3)[nH]1. The van der Waals surface area contributed by atoms with Crippen molar-refractivity contribution in [3.8, 4) is 0 Å². The number of pyridine rings is 1. The van der Waals surface area contributed by atoms with Crippen molar-refractivity contribution < 1.29 is 14.3 Å². The molecule has 1 amide bonds. The number of anilines is 4. The molecule has 0 radical (unpaired) electrons. The lowest BCUT2D eigenvalue weighted by atomic mass is 10.2. The minimum atomic E-state index is -0.698. The van der Waals surface area contributed by atoms with Crippen molar-refractivity contribution in [1.29, 1.82) is 0 Å². The lowest BCUT2D eigenvalue weighted by Gasteiger charge is -2.25. The number of aromatic amines is 1. The molecule has 2 aliphatic rings. The molecule has 0 spiro atoms. The Morgan fingerprint density at radius 1 is 1.24 bits per heavy atom. The molecule has 3 aromatic heterocycles. The van der Waals surface area contributed by atoms with Crippen molar-refractivity contribution in [2.24, 2.45) is 0 Å². The Kier molecular flexibility index (Phi) is 5.86. The first-order valence-corrected chi connectivity index (χ1v) is 11.5. The number of amides is 1. The highest BCUT2D eigenvalue weighted by Gasteiger charge is 2.38. The van der Waals surface area contributed by atoms with Gasteiger partial charge in [-0.05, 0) is 31.4 Å². The van der Waals surface area contributed by atoms with Gasteiger partial charge >= 0.3 is 0 Å². The van der Waals surface area contributed by atoms with Gasteiger partial charge in [0.1, 0.15) is 23.5 Å². The molecule has 178 valence electrons. The number of halogens is 1. The Labute approximate surface area is 196 Å². The summed E-state index contributed by atoms with van der Waals surface area (Å²) in [5, 5.41) is 16.5. The fourth-order valence-electron chi connectivity index (χ4n) is 4.43. The van der Waals surface area contributed by atoms with Crippen LogP contribution in [0.3, 0.4) is 0 Å². The minimum Gasteiger partial charge on any atom is -0.391 e. The Morgan fingerprint density at radius 2 is 2.09 bits per heavy atom. The summed E-state index contributed by atoms with van der Waals surface area (Å²) in [5.74, 6) is 1.99. The average molecular weight is 467 g/mol. The molecule has 4 N–H and O–H groups in total. The van der Waals surface area contributed by atoms with E-state index in [1.54, 1.807) is 11.1 Å². The summed E-state index contributed by atoms with van der Waals surface area (Å²) in [7, 11) is 0. The second-order valence-corrected chi connectivity index (χ2v) is 9.03. The Bertz CT molecular complexity index is 1200. The number of nitrogens with zero attached hydrogens (tertiary/aromatic N) is 5. The molecule has 3 aromatic rings. The smallest absolute Gasteiger partial charge is 0.247 e. The van der Waals surface area contributed by atoms with Crippen molar-refractivity contribution in [3.63, 3.8) is 0 Å². The first-order chi connectivity index (χ1) is 16.4. The molecule has 4 heterocycles. The zero-order valence-electron chi connectivity index (χ0n) is 19.0. The van der Waals surface area contributed by atoms with E-state index in [1.807, 2.05) is 0 Å². The van der Waals surface area contributed by atoms with E-state index >= 15 is 0 Å². The van der Waals surface area contributed by atoms with Gasteiger partial charge in [0.25, 0.3) is 0 Å². The number of aliphatic hydroxyl groups is 1. The standard InChI is InChI=1S/C23H27FN8O2/c1-12(2)20-26-10-19(29-20)30-21-15-4-3-5-16(15)28-23(31-21)32-11-14(33)8-17(32)22(34)27-13-6-7-18(24)25-9-13/h6-7,9-10,12,14,17,33H,3-5,8,11H2,1-2H3,(H,26,29)(H,27,34)(H,28,30,31)/t14-,17-/m0/s1. The van der Waals surface area contributed by atoms with Gasteiger partial charge in [0.2, 0.25) is 17.8 Å². The number of carbonyl (C=O) groups excluding carboxylic acids is 1. The Balaban J connectivity index is 1.42. The van der Waals surface area contributed by atoms with Crippen LogP contribution in [0.2, 0.25) is 0 Å². The van der Waals surface area contributed by atoms with Gasteiger partial charge < -0.3 is 25.6 Å². The van der Waals surface area contributed by atoms with Crippen LogP contribution < -0.4 is 15.5 Å². The van der Waals surface area contributed by atoms with Gasteiger partial charge in [0, 0.05) is 24.4 Å². The molecule has 0 unspecified atom stereocenters. The number of H-pyrrole nitrogens is 1. The zero-order chi connectivity index (χ0) is 23.8. The molecule has 1 aliphatic carbocycles. The molecule has 5 rings (SSSR count). The van der Waals surface area contributed by atoms with E-state index in [0.29, 0.717) is 17.5 Å². The number of aliphatic hydroxyl groups excluding tert-OH is 1. The topological polar surface area (TPSA) is 132 Å². The van der Waals surface area contributed by atoms with Gasteiger partial charge in [0.15, 0.2) is 0 Å². The van der Waals surface area contributed by atoms with E-state index < -0.39 is 18.1 Å². The van der Waals surface area contributed by atoms with Crippen LogP contribution in [0.1, 0.15) is 49.7 Å². The third-order valence-corrected chi connectivity index (χ3v) is 6.15. The fourth-order valence-corrected chi connectivity index (χ4v) is 4.43. The van der Waals surface area contributed by atoms with Crippen LogP contribution in [-0.4, -0.2) is 54.6 Å². The first kappa shape index (κ1) is 22.2. The summed E-state index contributed by atoms with van der Waals surface area (Å²) in [4.78, 5) is 35.5. The minimum absolute atomic E-state index is 0.236. The van der Waals surface area contributed by atoms with Crippen molar-refractivity contribution in [2.75, 3.05) is 22.1 Å². The molecule has 0 aromatic carbocycles. The van der Waals surface area contributed by atoms with Crippen LogP contribution in [0.25, 0.3) is 0 Å². The van der Waals surface area contributed by atoms with Crippen LogP contribution in [-0.2, 0) is 17.6 Å². The maximum atomic E-state index is 13.1. The van der Waals surface area contributed by atoms with Gasteiger partial charge in [0.05, 0.1) is 29.9 Å². The molecule has 1 fully saturated rings. The number of fused-ring (bicyclic) bond motifs is 1. The summed E-state index contributed by atoms with van der Waals surface area (Å²) in [6.45, 7) is 4.36. The highest BCUT2D eigenvalue weighted by atomic mass is 19.1. The van der Waals surface area contributed by atoms with E-state index in [4.69, 9.17) is 9.97 Å². The number of hydrogen-bond acceptors (Lipinski definition) is 8. The van der Waals surface area contributed by atoms with Crippen molar-refractivity contribution in [1.82, 2.24) is 24.9 Å². The summed E-state index contributed by atoms with van der Waals surface area (Å²) >= 11 is 0. The number of β-amino-alcohol motifs (C(OH)–C–C–N with tert-alkyl or cyclic N) is 1. The number of aromatic nitrogens is 5. The van der Waals surface area contributed by atoms with E-state index in [-0.39, 0.29) is 24.8 Å². The van der Waals surface area contributed by atoms with E-state index in [1.165, 1.54) is 18.3 Å². The third-order valence-electron chi connectivity index (χ3n) is 6.15. The number of nitrogens with one attached hydrogen (secondary N) is 3. The highest BCUT2D eigenvalue weighted by molar-refractivity contribution is 5.97. The van der Waals surface area contributed by atoms with Crippen LogP contribution in [0.4, 0.5) is 27.7 Å². The lowest BCUT2D eigenvalue weighted by molar-refractivity contribution is -0.117. The summed E-state index contributed by atoms with van der Waals surface area (Å²) in [5.41, 5.74) is 2.38. The summed E-state index contributed by atoms with van der Waals surface area (Å²) in [6, 6.07) is 1.95. The van der Waals surface area contributed by atoms with Gasteiger partial charge in [-0.3, -0.25) is 4.79 Å². The van der Waals surface area contributed by atoms with Crippen LogP contribution in [0.15, 0.2) is 24.5 Å². The van der Waals surface area contributed by atoms with Crippen molar-refractivity contribution in [2.45, 2.75) is 57.6 Å². The maximum absolute atomic E-state index is 13.1. The van der Waals surface area contributed by atoms with Gasteiger partial charge in [-0.1, -0.05) is 13.8 Å². The monoisotopic (exact) mass is 466 g/mol. The number of imidazole rings is 1. The molecule has 1 aliphatic heterocycles. The first-order valence-electron chi connectivity index (χ1n) is 11.5. The van der Waals surface area contributed by atoms with Gasteiger partial charge in [-0.25, -0.2) is 15.0 Å². The molecule has 11 heteroatoms. The maximum Gasteiger partial charge on any atom is 0.247 e. The van der Waals surface area contributed by atoms with E-state index in [2.05, 4.69) is 39.4 Å². The predicted octanol–water partition coefficient (Wildman–Crippen LogP) is 2.67. The van der Waals surface area contributed by atoms with Crippen LogP contribution in [0, 0.1) is 5.95 Å². The molecular weight excluding hydrogens is 439 g/mol. The zero-order valence-corrected chi connectivity index (χ0v) is 19.0. The summed E-state index contributed by atoms with van der Waals surface area (Å²) in [6.07, 6.45) is 5.21. The largest absolute Gasteiger partial charge is 0.391 e. The Morgan fingerprint density at radius 3 is 2.82 bits per heavy atom. The average Bonchev–Trinajstić information content (AvgIpc) is 3.54. The van der Waals surface area contributed by atoms with Crippen LogP contribution >= 0.6 is 0 Å². The second-order valence-electron chi connectivity index (χ2n) is 9.03. The number of carbonyl (C=O) groups is 1. The van der Waals surface area contributed by atoms with Crippen molar-refractivity contribution in [3.05, 3.63) is 47.6 Å². The fraction of sp³-hybridized carbons (Fsp3) is 0.435. The van der Waals surface area contributed by atoms with Gasteiger partial charge in [-0.15, -0.1) is 0 Å². The van der Waals surface area contributed by atoms with Crippen molar-refractivity contribution >= 4 is 29.2 Å². The van der Waals surface area contributed by atoms with Gasteiger partial charge in [-0.2, -0.15) is 9.37 Å². The third kappa shape index (κ3) is 4.43. The molecule has 2 atom stereocenters. The number of rotatable bonds is 6.